The first-order valence-electron chi connectivity index (χ1n) is 5.72. The minimum atomic E-state index is -0.724. The number of hydrogen-bond donors (Lipinski definition) is 1. The van der Waals surface area contributed by atoms with Crippen LogP contribution < -0.4 is 5.32 Å². The molecule has 0 aliphatic heterocycles. The summed E-state index contributed by atoms with van der Waals surface area (Å²) in [5, 5.41) is 2.88. The number of amides is 1. The second-order valence-corrected chi connectivity index (χ2v) is 5.57. The van der Waals surface area contributed by atoms with Crippen LogP contribution in [0.15, 0.2) is 18.3 Å². The van der Waals surface area contributed by atoms with Gasteiger partial charge in [-0.25, -0.2) is 9.37 Å². The average molecular weight is 315 g/mol. The van der Waals surface area contributed by atoms with Crippen LogP contribution in [0.25, 0.3) is 0 Å². The van der Waals surface area contributed by atoms with Crippen molar-refractivity contribution in [3.8, 4) is 0 Å². The molecule has 0 unspecified atom stereocenters. The maximum atomic E-state index is 13.9. The van der Waals surface area contributed by atoms with E-state index in [1.54, 1.807) is 26.3 Å². The monoisotopic (exact) mass is 314 g/mol. The van der Waals surface area contributed by atoms with E-state index in [0.29, 0.717) is 17.3 Å². The number of thiazole rings is 1. The van der Waals surface area contributed by atoms with E-state index in [4.69, 9.17) is 16.3 Å². The minimum Gasteiger partial charge on any atom is -0.379 e. The molecule has 1 aromatic heterocycles. The van der Waals surface area contributed by atoms with E-state index in [9.17, 15) is 9.18 Å². The summed E-state index contributed by atoms with van der Waals surface area (Å²) < 4.78 is 18.9. The molecule has 20 heavy (non-hydrogen) atoms. The standard InChI is InChI=1S/C13H12ClFN2O2S/c1-7-3-4-9(11(15)10(7)14)12(18)17-13-16-5-8(20-13)6-19-2/h3-5H,6H2,1-2H3,(H,16,17,18). The van der Waals surface area contributed by atoms with E-state index in [1.165, 1.54) is 17.4 Å². The molecule has 0 aliphatic rings. The lowest BCUT2D eigenvalue weighted by atomic mass is 10.1. The van der Waals surface area contributed by atoms with Crippen molar-refractivity contribution >= 4 is 34.0 Å². The molecule has 0 fully saturated rings. The molecule has 0 spiro atoms. The van der Waals surface area contributed by atoms with Crippen molar-refractivity contribution in [3.63, 3.8) is 0 Å². The second-order valence-electron chi connectivity index (χ2n) is 4.08. The summed E-state index contributed by atoms with van der Waals surface area (Å²) in [5.74, 6) is -1.31. The molecule has 0 radical (unpaired) electrons. The summed E-state index contributed by atoms with van der Waals surface area (Å²) in [7, 11) is 1.57. The SMILES string of the molecule is COCc1cnc(NC(=O)c2ccc(C)c(Cl)c2F)s1. The molecule has 1 N–H and O–H groups in total. The van der Waals surface area contributed by atoms with Gasteiger partial charge in [-0.2, -0.15) is 0 Å². The first kappa shape index (κ1) is 14.9. The molecule has 106 valence electrons. The van der Waals surface area contributed by atoms with Crippen molar-refractivity contribution in [1.29, 1.82) is 0 Å². The van der Waals surface area contributed by atoms with E-state index in [-0.39, 0.29) is 10.6 Å². The van der Waals surface area contributed by atoms with E-state index >= 15 is 0 Å². The van der Waals surface area contributed by atoms with Crippen molar-refractivity contribution < 1.29 is 13.9 Å². The van der Waals surface area contributed by atoms with Gasteiger partial charge in [-0.15, -0.1) is 0 Å². The highest BCUT2D eigenvalue weighted by Gasteiger charge is 2.17. The molecule has 2 aromatic rings. The van der Waals surface area contributed by atoms with Gasteiger partial charge < -0.3 is 4.74 Å². The molecule has 4 nitrogen and oxygen atoms in total. The third-order valence-corrected chi connectivity index (χ3v) is 3.93. The predicted molar refractivity (Wildman–Crippen MR) is 76.9 cm³/mol. The number of anilines is 1. The number of carbonyl (C=O) groups is 1. The van der Waals surface area contributed by atoms with Gasteiger partial charge in [-0.3, -0.25) is 10.1 Å². The highest BCUT2D eigenvalue weighted by Crippen LogP contribution is 2.24. The number of aromatic nitrogens is 1. The van der Waals surface area contributed by atoms with Gasteiger partial charge in [0.2, 0.25) is 0 Å². The van der Waals surface area contributed by atoms with E-state index in [0.717, 1.165) is 4.88 Å². The maximum absolute atomic E-state index is 13.9. The normalized spacial score (nSPS) is 10.6. The largest absolute Gasteiger partial charge is 0.379 e. The van der Waals surface area contributed by atoms with Gasteiger partial charge >= 0.3 is 0 Å². The Hall–Kier alpha value is -1.50. The Morgan fingerprint density at radius 3 is 3.00 bits per heavy atom. The Morgan fingerprint density at radius 2 is 2.30 bits per heavy atom. The van der Waals surface area contributed by atoms with Crippen LogP contribution in [-0.4, -0.2) is 18.0 Å². The van der Waals surface area contributed by atoms with Gasteiger partial charge in [-0.1, -0.05) is 29.0 Å². The number of rotatable bonds is 4. The summed E-state index contributed by atoms with van der Waals surface area (Å²) in [6.45, 7) is 2.09. The van der Waals surface area contributed by atoms with Crippen LogP contribution in [0.1, 0.15) is 20.8 Å². The zero-order chi connectivity index (χ0) is 14.7. The zero-order valence-corrected chi connectivity index (χ0v) is 12.4. The van der Waals surface area contributed by atoms with Crippen LogP contribution in [0.4, 0.5) is 9.52 Å². The maximum Gasteiger partial charge on any atom is 0.260 e. The Bertz CT molecular complexity index is 645. The Labute approximate surface area is 124 Å². The molecular weight excluding hydrogens is 303 g/mol. The highest BCUT2D eigenvalue weighted by atomic mass is 35.5. The van der Waals surface area contributed by atoms with Crippen molar-refractivity contribution in [1.82, 2.24) is 4.98 Å². The number of nitrogens with zero attached hydrogens (tertiary/aromatic N) is 1. The molecule has 2 rings (SSSR count). The molecule has 0 aliphatic carbocycles. The Kier molecular flexibility index (Phi) is 4.69. The first-order valence-corrected chi connectivity index (χ1v) is 6.92. The van der Waals surface area contributed by atoms with Gasteiger partial charge in [0, 0.05) is 13.3 Å². The number of benzene rings is 1. The molecule has 1 aromatic carbocycles. The average Bonchev–Trinajstić information content (AvgIpc) is 2.84. The van der Waals surface area contributed by atoms with Crippen LogP contribution >= 0.6 is 22.9 Å². The molecule has 7 heteroatoms. The number of methoxy groups -OCH3 is 1. The number of carbonyl (C=O) groups excluding carboxylic acids is 1. The van der Waals surface area contributed by atoms with Gasteiger partial charge in [0.05, 0.1) is 22.1 Å². The lowest BCUT2D eigenvalue weighted by Gasteiger charge is -2.06. The summed E-state index contributed by atoms with van der Waals surface area (Å²) in [6.07, 6.45) is 1.60. The smallest absolute Gasteiger partial charge is 0.260 e. The summed E-state index contributed by atoms with van der Waals surface area (Å²) in [4.78, 5) is 16.9. The summed E-state index contributed by atoms with van der Waals surface area (Å²) in [5.41, 5.74) is 0.474. The molecule has 1 amide bonds. The summed E-state index contributed by atoms with van der Waals surface area (Å²) in [6, 6.07) is 2.99. The van der Waals surface area contributed by atoms with Crippen molar-refractivity contribution in [3.05, 3.63) is 45.2 Å². The lowest BCUT2D eigenvalue weighted by Crippen LogP contribution is -2.14. The van der Waals surface area contributed by atoms with Crippen LogP contribution in [0.2, 0.25) is 5.02 Å². The van der Waals surface area contributed by atoms with Gasteiger partial charge in [0.1, 0.15) is 0 Å². The molecule has 0 bridgehead atoms. The third kappa shape index (κ3) is 3.15. The number of nitrogens with one attached hydrogen (secondary N) is 1. The van der Waals surface area contributed by atoms with E-state index < -0.39 is 11.7 Å². The van der Waals surface area contributed by atoms with Crippen LogP contribution in [-0.2, 0) is 11.3 Å². The van der Waals surface area contributed by atoms with Crippen LogP contribution in [0.3, 0.4) is 0 Å². The number of aryl methyl sites for hydroxylation is 1. The number of ether oxygens (including phenoxy) is 1. The molecular formula is C13H12ClFN2O2S. The van der Waals surface area contributed by atoms with Crippen LogP contribution in [0.5, 0.6) is 0 Å². The third-order valence-electron chi connectivity index (χ3n) is 2.58. The summed E-state index contributed by atoms with van der Waals surface area (Å²) >= 11 is 7.06. The van der Waals surface area contributed by atoms with E-state index in [1.807, 2.05) is 0 Å². The lowest BCUT2D eigenvalue weighted by molar-refractivity contribution is 0.102. The second kappa shape index (κ2) is 6.30. The van der Waals surface area contributed by atoms with Crippen molar-refractivity contribution in [2.24, 2.45) is 0 Å². The van der Waals surface area contributed by atoms with Gasteiger partial charge in [-0.05, 0) is 18.6 Å². The Morgan fingerprint density at radius 1 is 1.55 bits per heavy atom. The minimum absolute atomic E-state index is 0.0446. The van der Waals surface area contributed by atoms with Crippen molar-refractivity contribution in [2.75, 3.05) is 12.4 Å². The fourth-order valence-corrected chi connectivity index (χ4v) is 2.50. The highest BCUT2D eigenvalue weighted by molar-refractivity contribution is 7.15. The fraction of sp³-hybridized carbons (Fsp3) is 0.231. The van der Waals surface area contributed by atoms with Gasteiger partial charge in [0.25, 0.3) is 5.91 Å². The number of halogens is 2. The van der Waals surface area contributed by atoms with Crippen molar-refractivity contribution in [2.45, 2.75) is 13.5 Å². The quantitative estimate of drug-likeness (QED) is 0.937. The zero-order valence-electron chi connectivity index (χ0n) is 10.9. The van der Waals surface area contributed by atoms with E-state index in [2.05, 4.69) is 10.3 Å². The van der Waals surface area contributed by atoms with Crippen LogP contribution in [0, 0.1) is 12.7 Å². The first-order chi connectivity index (χ1) is 9.52. The topological polar surface area (TPSA) is 51.2 Å². The molecule has 0 atom stereocenters. The Balaban J connectivity index is 2.17. The number of hydrogen-bond acceptors (Lipinski definition) is 4. The molecule has 0 saturated carbocycles. The molecule has 1 heterocycles. The predicted octanol–water partition coefficient (Wildman–Crippen LogP) is 3.64. The molecule has 0 saturated heterocycles. The fourth-order valence-electron chi connectivity index (χ4n) is 1.56. The van der Waals surface area contributed by atoms with Gasteiger partial charge in [0.15, 0.2) is 10.9 Å².